The van der Waals surface area contributed by atoms with E-state index < -0.39 is 16.1 Å². The first-order chi connectivity index (χ1) is 9.40. The van der Waals surface area contributed by atoms with Crippen molar-refractivity contribution in [1.29, 1.82) is 0 Å². The van der Waals surface area contributed by atoms with Crippen LogP contribution in [-0.4, -0.2) is 43.3 Å². The molecule has 0 saturated carbocycles. The molecule has 1 atom stereocenters. The van der Waals surface area contributed by atoms with E-state index in [-0.39, 0.29) is 16.0 Å². The van der Waals surface area contributed by atoms with Gasteiger partial charge in [-0.2, -0.15) is 4.72 Å². The van der Waals surface area contributed by atoms with Crippen molar-refractivity contribution in [3.63, 3.8) is 0 Å². The Balaban J connectivity index is 2.09. The van der Waals surface area contributed by atoms with Crippen molar-refractivity contribution in [2.24, 2.45) is 0 Å². The summed E-state index contributed by atoms with van der Waals surface area (Å²) in [5.41, 5.74) is 0. The summed E-state index contributed by atoms with van der Waals surface area (Å²) in [6.07, 6.45) is 3.24. The van der Waals surface area contributed by atoms with E-state index in [2.05, 4.69) is 9.71 Å². The summed E-state index contributed by atoms with van der Waals surface area (Å²) in [4.78, 5) is 17.5. The van der Waals surface area contributed by atoms with Gasteiger partial charge in [0.25, 0.3) is 0 Å². The van der Waals surface area contributed by atoms with Crippen LogP contribution in [0.2, 0.25) is 5.15 Å². The van der Waals surface area contributed by atoms with Crippen molar-refractivity contribution >= 4 is 27.5 Å². The highest BCUT2D eigenvalue weighted by molar-refractivity contribution is 7.89. The molecule has 1 amide bonds. The zero-order valence-electron chi connectivity index (χ0n) is 11.0. The first kappa shape index (κ1) is 15.2. The van der Waals surface area contributed by atoms with Gasteiger partial charge in [-0.05, 0) is 31.9 Å². The Kier molecular flexibility index (Phi) is 4.62. The van der Waals surface area contributed by atoms with Crippen molar-refractivity contribution in [3.8, 4) is 0 Å². The van der Waals surface area contributed by atoms with Crippen molar-refractivity contribution < 1.29 is 13.2 Å². The van der Waals surface area contributed by atoms with Gasteiger partial charge in [0.2, 0.25) is 15.9 Å². The number of hydrogen-bond acceptors (Lipinski definition) is 4. The molecule has 0 spiro atoms. The first-order valence-corrected chi connectivity index (χ1v) is 8.19. The number of rotatable bonds is 4. The van der Waals surface area contributed by atoms with Crippen molar-refractivity contribution in [1.82, 2.24) is 14.6 Å². The number of aromatic nitrogens is 1. The normalized spacial score (nSPS) is 17.2. The van der Waals surface area contributed by atoms with Gasteiger partial charge < -0.3 is 4.90 Å². The number of likely N-dealkylation sites (tertiary alicyclic amines) is 1. The van der Waals surface area contributed by atoms with Gasteiger partial charge in [0.05, 0.1) is 10.9 Å². The third kappa shape index (κ3) is 3.47. The summed E-state index contributed by atoms with van der Waals surface area (Å²) in [6.45, 7) is 2.92. The maximum atomic E-state index is 12.1. The second kappa shape index (κ2) is 6.07. The number of sulfonamides is 1. The van der Waals surface area contributed by atoms with Gasteiger partial charge in [-0.25, -0.2) is 13.4 Å². The number of hydrogen-bond donors (Lipinski definition) is 1. The zero-order valence-corrected chi connectivity index (χ0v) is 12.6. The molecule has 0 bridgehead atoms. The quantitative estimate of drug-likeness (QED) is 0.841. The lowest BCUT2D eigenvalue weighted by Gasteiger charge is -2.21. The number of pyridine rings is 1. The highest BCUT2D eigenvalue weighted by atomic mass is 35.5. The van der Waals surface area contributed by atoms with E-state index >= 15 is 0 Å². The van der Waals surface area contributed by atoms with Gasteiger partial charge in [0.1, 0.15) is 5.15 Å². The van der Waals surface area contributed by atoms with Crippen molar-refractivity contribution in [3.05, 3.63) is 23.5 Å². The number of nitrogens with zero attached hydrogens (tertiary/aromatic N) is 2. The molecule has 1 aliphatic heterocycles. The molecule has 2 rings (SSSR count). The highest BCUT2D eigenvalue weighted by Gasteiger charge is 2.27. The molecule has 0 radical (unpaired) electrons. The fourth-order valence-electron chi connectivity index (χ4n) is 2.11. The highest BCUT2D eigenvalue weighted by Crippen LogP contribution is 2.14. The van der Waals surface area contributed by atoms with Gasteiger partial charge >= 0.3 is 0 Å². The lowest BCUT2D eigenvalue weighted by atomic mass is 10.3. The summed E-state index contributed by atoms with van der Waals surface area (Å²) in [5, 5.41) is 0.0893. The van der Waals surface area contributed by atoms with Crippen LogP contribution in [-0.2, 0) is 14.8 Å². The largest absolute Gasteiger partial charge is 0.341 e. The van der Waals surface area contributed by atoms with E-state index in [0.29, 0.717) is 13.1 Å². The topological polar surface area (TPSA) is 79.4 Å². The lowest BCUT2D eigenvalue weighted by molar-refractivity contribution is -0.131. The molecule has 110 valence electrons. The third-order valence-corrected chi connectivity index (χ3v) is 4.87. The fraction of sp³-hybridized carbons (Fsp3) is 0.500. The second-order valence-electron chi connectivity index (χ2n) is 4.69. The Hall–Kier alpha value is -1.18. The van der Waals surface area contributed by atoms with Crippen molar-refractivity contribution in [2.75, 3.05) is 13.1 Å². The molecule has 20 heavy (non-hydrogen) atoms. The SMILES string of the molecule is CC(NS(=O)(=O)c1ccnc(Cl)c1)C(=O)N1CCCC1. The number of nitrogens with one attached hydrogen (secondary N) is 1. The van der Waals surface area contributed by atoms with E-state index in [1.807, 2.05) is 0 Å². The zero-order chi connectivity index (χ0) is 14.8. The average Bonchev–Trinajstić information content (AvgIpc) is 2.91. The Bertz CT molecular complexity index is 600. The van der Waals surface area contributed by atoms with Crippen LogP contribution in [0.25, 0.3) is 0 Å². The van der Waals surface area contributed by atoms with Crippen LogP contribution in [0.15, 0.2) is 23.2 Å². The Morgan fingerprint density at radius 3 is 2.70 bits per heavy atom. The lowest BCUT2D eigenvalue weighted by Crippen LogP contribution is -2.45. The van der Waals surface area contributed by atoms with E-state index in [0.717, 1.165) is 12.8 Å². The third-order valence-electron chi connectivity index (χ3n) is 3.13. The van der Waals surface area contributed by atoms with Crippen LogP contribution < -0.4 is 4.72 Å². The molecular formula is C12H16ClN3O3S. The number of amides is 1. The number of carbonyl (C=O) groups is 1. The number of carbonyl (C=O) groups excluding carboxylic acids is 1. The predicted molar refractivity (Wildman–Crippen MR) is 74.8 cm³/mol. The maximum Gasteiger partial charge on any atom is 0.241 e. The maximum absolute atomic E-state index is 12.1. The summed E-state index contributed by atoms with van der Waals surface area (Å²) >= 11 is 5.68. The molecule has 1 aromatic heterocycles. The van der Waals surface area contributed by atoms with Crippen LogP contribution in [0.4, 0.5) is 0 Å². The summed E-state index contributed by atoms with van der Waals surface area (Å²) in [6, 6.07) is 1.78. The molecule has 1 aliphatic rings. The van der Waals surface area contributed by atoms with Crippen LogP contribution in [0, 0.1) is 0 Å². The molecule has 6 nitrogen and oxygen atoms in total. The molecule has 1 N–H and O–H groups in total. The Morgan fingerprint density at radius 1 is 1.45 bits per heavy atom. The molecule has 1 unspecified atom stereocenters. The average molecular weight is 318 g/mol. The van der Waals surface area contributed by atoms with Gasteiger partial charge in [0.15, 0.2) is 0 Å². The monoisotopic (exact) mass is 317 g/mol. The first-order valence-electron chi connectivity index (χ1n) is 6.33. The second-order valence-corrected chi connectivity index (χ2v) is 6.79. The van der Waals surface area contributed by atoms with Crippen LogP contribution in [0.1, 0.15) is 19.8 Å². The molecule has 1 saturated heterocycles. The minimum Gasteiger partial charge on any atom is -0.341 e. The molecule has 0 aliphatic carbocycles. The summed E-state index contributed by atoms with van der Waals surface area (Å²) < 4.78 is 26.7. The van der Waals surface area contributed by atoms with E-state index in [9.17, 15) is 13.2 Å². The van der Waals surface area contributed by atoms with Gasteiger partial charge in [-0.15, -0.1) is 0 Å². The van der Waals surface area contributed by atoms with Gasteiger partial charge in [-0.1, -0.05) is 11.6 Å². The van der Waals surface area contributed by atoms with Gasteiger partial charge in [-0.3, -0.25) is 4.79 Å². The number of halogens is 1. The molecule has 1 aromatic rings. The summed E-state index contributed by atoms with van der Waals surface area (Å²) in [5.74, 6) is -0.203. The fourth-order valence-corrected chi connectivity index (χ4v) is 3.56. The molecular weight excluding hydrogens is 302 g/mol. The molecule has 2 heterocycles. The molecule has 1 fully saturated rings. The predicted octanol–water partition coefficient (Wildman–Crippen LogP) is 1.02. The standard InChI is InChI=1S/C12H16ClN3O3S/c1-9(12(17)16-6-2-3-7-16)15-20(18,19)10-4-5-14-11(13)8-10/h4-5,8-9,15H,2-3,6-7H2,1H3. The Labute approximate surface area is 123 Å². The van der Waals surface area contributed by atoms with Crippen LogP contribution >= 0.6 is 11.6 Å². The van der Waals surface area contributed by atoms with E-state index in [4.69, 9.17) is 11.6 Å². The minimum atomic E-state index is -3.78. The van der Waals surface area contributed by atoms with Crippen LogP contribution in [0.3, 0.4) is 0 Å². The van der Waals surface area contributed by atoms with Crippen molar-refractivity contribution in [2.45, 2.75) is 30.7 Å². The van der Waals surface area contributed by atoms with Crippen LogP contribution in [0.5, 0.6) is 0 Å². The minimum absolute atomic E-state index is 0.00132. The molecule has 8 heteroatoms. The molecule has 0 aromatic carbocycles. The Morgan fingerprint density at radius 2 is 2.10 bits per heavy atom. The van der Waals surface area contributed by atoms with E-state index in [1.54, 1.807) is 11.8 Å². The van der Waals surface area contributed by atoms with E-state index in [1.165, 1.54) is 18.3 Å². The van der Waals surface area contributed by atoms with Gasteiger partial charge in [0, 0.05) is 19.3 Å². The smallest absolute Gasteiger partial charge is 0.241 e. The summed E-state index contributed by atoms with van der Waals surface area (Å²) in [7, 11) is -3.78.